The fourth-order valence-corrected chi connectivity index (χ4v) is 2.53. The first-order valence-corrected chi connectivity index (χ1v) is 6.86. The Bertz CT molecular complexity index is 527. The molecule has 0 aliphatic carbocycles. The van der Waals surface area contributed by atoms with Crippen molar-refractivity contribution >= 4 is 11.7 Å². The highest BCUT2D eigenvalue weighted by Crippen LogP contribution is 2.17. The molecule has 0 aromatic heterocycles. The summed E-state index contributed by atoms with van der Waals surface area (Å²) >= 11 is 0. The summed E-state index contributed by atoms with van der Waals surface area (Å²) in [7, 11) is 2.01. The molecule has 0 saturated carbocycles. The van der Waals surface area contributed by atoms with Crippen LogP contribution in [0.1, 0.15) is 5.56 Å². The fourth-order valence-electron chi connectivity index (χ4n) is 2.53. The van der Waals surface area contributed by atoms with Gasteiger partial charge in [-0.15, -0.1) is 0 Å². The number of benzene rings is 1. The predicted octanol–water partition coefficient (Wildman–Crippen LogP) is 0.838. The van der Waals surface area contributed by atoms with Gasteiger partial charge in [0.15, 0.2) is 0 Å². The summed E-state index contributed by atoms with van der Waals surface area (Å²) in [6.07, 6.45) is 0.278. The Morgan fingerprint density at radius 1 is 1.38 bits per heavy atom. The summed E-state index contributed by atoms with van der Waals surface area (Å²) in [5, 5.41) is 20.2. The van der Waals surface area contributed by atoms with E-state index in [9.17, 15) is 20.0 Å². The van der Waals surface area contributed by atoms with Crippen molar-refractivity contribution in [2.45, 2.75) is 12.5 Å². The SMILES string of the molecule is CN1CCN(C(Cc2cccc([N+](=O)[O-])c2)C(=O)O)CC1. The van der Waals surface area contributed by atoms with Gasteiger partial charge in [-0.3, -0.25) is 19.8 Å². The minimum Gasteiger partial charge on any atom is -0.480 e. The molecule has 1 aromatic carbocycles. The molecular formula is C14H19N3O4. The van der Waals surface area contributed by atoms with Gasteiger partial charge in [0.2, 0.25) is 0 Å². The van der Waals surface area contributed by atoms with Crippen LogP contribution in [0.3, 0.4) is 0 Å². The molecule has 0 radical (unpaired) electrons. The van der Waals surface area contributed by atoms with Gasteiger partial charge in [-0.05, 0) is 19.0 Å². The maximum atomic E-state index is 11.5. The standard InChI is InChI=1S/C14H19N3O4/c1-15-5-7-16(8-6-15)13(14(18)19)10-11-3-2-4-12(9-11)17(20)21/h2-4,9,13H,5-8,10H2,1H3,(H,18,19). The van der Waals surface area contributed by atoms with Crippen molar-refractivity contribution < 1.29 is 14.8 Å². The van der Waals surface area contributed by atoms with Crippen molar-refractivity contribution in [3.63, 3.8) is 0 Å². The van der Waals surface area contributed by atoms with E-state index >= 15 is 0 Å². The number of likely N-dealkylation sites (N-methyl/N-ethyl adjacent to an activating group) is 1. The molecule has 0 spiro atoms. The number of hydrogen-bond acceptors (Lipinski definition) is 5. The Labute approximate surface area is 122 Å². The van der Waals surface area contributed by atoms with Crippen molar-refractivity contribution in [2.24, 2.45) is 0 Å². The number of nitro benzene ring substituents is 1. The number of nitro groups is 1. The molecule has 1 fully saturated rings. The number of aliphatic carboxylic acids is 1. The summed E-state index contributed by atoms with van der Waals surface area (Å²) in [6.45, 7) is 3.06. The average Bonchev–Trinajstić information content (AvgIpc) is 2.46. The van der Waals surface area contributed by atoms with Crippen LogP contribution in [0, 0.1) is 10.1 Å². The number of non-ortho nitro benzene ring substituents is 1. The Morgan fingerprint density at radius 2 is 2.05 bits per heavy atom. The predicted molar refractivity (Wildman–Crippen MR) is 77.3 cm³/mol. The number of nitrogens with zero attached hydrogens (tertiary/aromatic N) is 3. The van der Waals surface area contributed by atoms with Gasteiger partial charge in [-0.25, -0.2) is 0 Å². The third kappa shape index (κ3) is 3.99. The molecule has 7 nitrogen and oxygen atoms in total. The van der Waals surface area contributed by atoms with E-state index in [1.807, 2.05) is 11.9 Å². The van der Waals surface area contributed by atoms with Crippen molar-refractivity contribution in [3.05, 3.63) is 39.9 Å². The monoisotopic (exact) mass is 293 g/mol. The van der Waals surface area contributed by atoms with E-state index in [4.69, 9.17) is 0 Å². The second kappa shape index (κ2) is 6.64. The molecule has 21 heavy (non-hydrogen) atoms. The first kappa shape index (κ1) is 15.4. The van der Waals surface area contributed by atoms with E-state index in [0.717, 1.165) is 13.1 Å². The third-order valence-corrected chi connectivity index (χ3v) is 3.81. The first-order valence-electron chi connectivity index (χ1n) is 6.86. The smallest absolute Gasteiger partial charge is 0.321 e. The number of carboxylic acid groups (broad SMARTS) is 1. The normalized spacial score (nSPS) is 18.3. The van der Waals surface area contributed by atoms with Crippen LogP contribution in [0.25, 0.3) is 0 Å². The summed E-state index contributed by atoms with van der Waals surface area (Å²) in [5.74, 6) is -0.883. The van der Waals surface area contributed by atoms with E-state index < -0.39 is 16.9 Å². The van der Waals surface area contributed by atoms with Crippen LogP contribution in [0.4, 0.5) is 5.69 Å². The molecule has 2 rings (SSSR count). The van der Waals surface area contributed by atoms with Gasteiger partial charge >= 0.3 is 5.97 Å². The second-order valence-electron chi connectivity index (χ2n) is 5.32. The number of carbonyl (C=O) groups is 1. The summed E-state index contributed by atoms with van der Waals surface area (Å²) in [6, 6.07) is 5.55. The molecule has 7 heteroatoms. The third-order valence-electron chi connectivity index (χ3n) is 3.81. The van der Waals surface area contributed by atoms with Gasteiger partial charge in [-0.1, -0.05) is 12.1 Å². The molecule has 114 valence electrons. The van der Waals surface area contributed by atoms with E-state index in [1.54, 1.807) is 12.1 Å². The number of piperazine rings is 1. The molecule has 1 aliphatic heterocycles. The molecule has 1 unspecified atom stereocenters. The molecule has 1 heterocycles. The Morgan fingerprint density at radius 3 is 2.62 bits per heavy atom. The lowest BCUT2D eigenvalue weighted by molar-refractivity contribution is -0.384. The molecule has 1 aromatic rings. The lowest BCUT2D eigenvalue weighted by atomic mass is 10.0. The Kier molecular flexibility index (Phi) is 4.87. The first-order chi connectivity index (χ1) is 9.97. The van der Waals surface area contributed by atoms with Crippen molar-refractivity contribution in [2.75, 3.05) is 33.2 Å². The minimum absolute atomic E-state index is 0.00461. The maximum Gasteiger partial charge on any atom is 0.321 e. The van der Waals surface area contributed by atoms with Gasteiger partial charge < -0.3 is 10.0 Å². The van der Waals surface area contributed by atoms with Gasteiger partial charge in [0.1, 0.15) is 6.04 Å². The van der Waals surface area contributed by atoms with Crippen molar-refractivity contribution in [3.8, 4) is 0 Å². The summed E-state index contributed by atoms with van der Waals surface area (Å²) < 4.78 is 0. The zero-order chi connectivity index (χ0) is 15.4. The van der Waals surface area contributed by atoms with Crippen molar-refractivity contribution in [1.82, 2.24) is 9.80 Å². The lowest BCUT2D eigenvalue weighted by Crippen LogP contribution is -2.52. The van der Waals surface area contributed by atoms with E-state index in [1.165, 1.54) is 12.1 Å². The zero-order valence-corrected chi connectivity index (χ0v) is 11.9. The van der Waals surface area contributed by atoms with Gasteiger partial charge in [0.05, 0.1) is 4.92 Å². The molecule has 0 amide bonds. The van der Waals surface area contributed by atoms with E-state index in [2.05, 4.69) is 4.90 Å². The van der Waals surface area contributed by atoms with Gasteiger partial charge in [0, 0.05) is 38.3 Å². The summed E-state index contributed by atoms with van der Waals surface area (Å²) in [5.41, 5.74) is 0.672. The quantitative estimate of drug-likeness (QED) is 0.639. The second-order valence-corrected chi connectivity index (χ2v) is 5.32. The Hall–Kier alpha value is -1.99. The topological polar surface area (TPSA) is 86.9 Å². The van der Waals surface area contributed by atoms with Crippen molar-refractivity contribution in [1.29, 1.82) is 0 Å². The molecule has 1 aliphatic rings. The van der Waals surface area contributed by atoms with Crippen LogP contribution in [-0.4, -0.2) is 65.1 Å². The van der Waals surface area contributed by atoms with Gasteiger partial charge in [-0.2, -0.15) is 0 Å². The fraction of sp³-hybridized carbons (Fsp3) is 0.500. The number of hydrogen-bond donors (Lipinski definition) is 1. The van der Waals surface area contributed by atoms with Crippen LogP contribution in [0.2, 0.25) is 0 Å². The highest BCUT2D eigenvalue weighted by molar-refractivity contribution is 5.74. The highest BCUT2D eigenvalue weighted by Gasteiger charge is 2.28. The molecule has 1 atom stereocenters. The zero-order valence-electron chi connectivity index (χ0n) is 11.9. The van der Waals surface area contributed by atoms with Crippen LogP contribution in [0.15, 0.2) is 24.3 Å². The van der Waals surface area contributed by atoms with Crippen LogP contribution >= 0.6 is 0 Å². The largest absolute Gasteiger partial charge is 0.480 e. The van der Waals surface area contributed by atoms with Crippen LogP contribution in [0.5, 0.6) is 0 Å². The molecular weight excluding hydrogens is 274 g/mol. The van der Waals surface area contributed by atoms with E-state index in [0.29, 0.717) is 18.7 Å². The average molecular weight is 293 g/mol. The minimum atomic E-state index is -0.883. The lowest BCUT2D eigenvalue weighted by Gasteiger charge is -2.36. The highest BCUT2D eigenvalue weighted by atomic mass is 16.6. The molecule has 1 N–H and O–H groups in total. The molecule has 1 saturated heterocycles. The number of rotatable bonds is 5. The number of carboxylic acids is 1. The van der Waals surface area contributed by atoms with Crippen LogP contribution in [-0.2, 0) is 11.2 Å². The van der Waals surface area contributed by atoms with Crippen LogP contribution < -0.4 is 0 Å². The van der Waals surface area contributed by atoms with Gasteiger partial charge in [0.25, 0.3) is 5.69 Å². The molecule has 0 bridgehead atoms. The Balaban J connectivity index is 2.11. The summed E-state index contributed by atoms with van der Waals surface area (Å²) in [4.78, 5) is 25.9. The van der Waals surface area contributed by atoms with E-state index in [-0.39, 0.29) is 12.1 Å². The maximum absolute atomic E-state index is 11.5.